The second-order valence-corrected chi connectivity index (χ2v) is 4.82. The van der Waals surface area contributed by atoms with E-state index in [4.69, 9.17) is 0 Å². The van der Waals surface area contributed by atoms with E-state index < -0.39 is 0 Å². The molecule has 2 rings (SSSR count). The van der Waals surface area contributed by atoms with Crippen LogP contribution in [-0.2, 0) is 0 Å². The third-order valence-electron chi connectivity index (χ3n) is 3.30. The largest absolute Gasteiger partial charge is 0.336 e. The summed E-state index contributed by atoms with van der Waals surface area (Å²) in [4.78, 5) is 14.4. The van der Waals surface area contributed by atoms with Crippen molar-refractivity contribution in [2.45, 2.75) is 20.8 Å². The number of amides is 1. The van der Waals surface area contributed by atoms with E-state index in [1.165, 1.54) is 5.56 Å². The average molecular weight is 232 g/mol. The van der Waals surface area contributed by atoms with Gasteiger partial charge >= 0.3 is 0 Å². The van der Waals surface area contributed by atoms with Crippen LogP contribution in [-0.4, -0.2) is 37.0 Å². The zero-order valence-corrected chi connectivity index (χ0v) is 10.8. The van der Waals surface area contributed by atoms with Crippen LogP contribution in [0.1, 0.15) is 27.0 Å². The fraction of sp³-hybridized carbons (Fsp3) is 0.500. The highest BCUT2D eigenvalue weighted by molar-refractivity contribution is 5.97. The Bertz CT molecular complexity index is 411. The molecule has 0 aliphatic carbocycles. The Hall–Kier alpha value is -1.35. The summed E-state index contributed by atoms with van der Waals surface area (Å²) in [7, 11) is 0. The lowest BCUT2D eigenvalue weighted by atomic mass is 9.98. The second-order valence-electron chi connectivity index (χ2n) is 4.82. The van der Waals surface area contributed by atoms with E-state index in [2.05, 4.69) is 24.4 Å². The topological polar surface area (TPSA) is 32.3 Å². The van der Waals surface area contributed by atoms with Crippen molar-refractivity contribution in [3.63, 3.8) is 0 Å². The maximum atomic E-state index is 12.5. The van der Waals surface area contributed by atoms with Gasteiger partial charge in [0.2, 0.25) is 0 Å². The molecule has 0 spiro atoms. The number of nitrogens with one attached hydrogen (secondary N) is 1. The fourth-order valence-electron chi connectivity index (χ4n) is 2.54. The molecule has 1 aromatic rings. The molecule has 1 aliphatic rings. The van der Waals surface area contributed by atoms with Crippen LogP contribution in [0.15, 0.2) is 12.1 Å². The molecule has 0 radical (unpaired) electrons. The molecule has 92 valence electrons. The van der Waals surface area contributed by atoms with Gasteiger partial charge < -0.3 is 10.2 Å². The summed E-state index contributed by atoms with van der Waals surface area (Å²) < 4.78 is 0. The minimum absolute atomic E-state index is 0.182. The molecule has 0 bridgehead atoms. The number of aryl methyl sites for hydroxylation is 3. The SMILES string of the molecule is Cc1cc(C)c(C(=O)N2CCNCC2)c(C)c1. The predicted octanol–water partition coefficient (Wildman–Crippen LogP) is 1.66. The number of carbonyl (C=O) groups is 1. The molecule has 1 amide bonds. The van der Waals surface area contributed by atoms with E-state index in [0.717, 1.165) is 42.9 Å². The first-order chi connectivity index (χ1) is 8.09. The first-order valence-corrected chi connectivity index (χ1v) is 6.17. The van der Waals surface area contributed by atoms with Crippen LogP contribution >= 0.6 is 0 Å². The van der Waals surface area contributed by atoms with Gasteiger partial charge in [-0.3, -0.25) is 4.79 Å². The normalized spacial score (nSPS) is 16.1. The zero-order valence-electron chi connectivity index (χ0n) is 10.8. The Morgan fingerprint density at radius 3 is 2.18 bits per heavy atom. The van der Waals surface area contributed by atoms with Crippen molar-refractivity contribution in [1.29, 1.82) is 0 Å². The maximum absolute atomic E-state index is 12.5. The molecule has 1 aromatic carbocycles. The summed E-state index contributed by atoms with van der Waals surface area (Å²) in [6.07, 6.45) is 0. The zero-order chi connectivity index (χ0) is 12.4. The van der Waals surface area contributed by atoms with Crippen molar-refractivity contribution in [3.05, 3.63) is 34.4 Å². The van der Waals surface area contributed by atoms with Gasteiger partial charge in [0.25, 0.3) is 5.91 Å². The lowest BCUT2D eigenvalue weighted by Gasteiger charge is -2.28. The quantitative estimate of drug-likeness (QED) is 0.798. The van der Waals surface area contributed by atoms with Crippen molar-refractivity contribution in [3.8, 4) is 0 Å². The minimum atomic E-state index is 0.182. The number of hydrogen-bond donors (Lipinski definition) is 1. The van der Waals surface area contributed by atoms with Crippen LogP contribution in [0.25, 0.3) is 0 Å². The number of rotatable bonds is 1. The monoisotopic (exact) mass is 232 g/mol. The van der Waals surface area contributed by atoms with Gasteiger partial charge in [-0.15, -0.1) is 0 Å². The minimum Gasteiger partial charge on any atom is -0.336 e. The molecule has 0 aromatic heterocycles. The van der Waals surface area contributed by atoms with Gasteiger partial charge in [0.05, 0.1) is 0 Å². The van der Waals surface area contributed by atoms with Crippen molar-refractivity contribution >= 4 is 5.91 Å². The standard InChI is InChI=1S/C14H20N2O/c1-10-8-11(2)13(12(3)9-10)14(17)16-6-4-15-5-7-16/h8-9,15H,4-7H2,1-3H3. The third kappa shape index (κ3) is 2.50. The summed E-state index contributed by atoms with van der Waals surface area (Å²) >= 11 is 0. The Morgan fingerprint density at radius 1 is 1.12 bits per heavy atom. The number of nitrogens with zero attached hydrogens (tertiary/aromatic N) is 1. The first kappa shape index (κ1) is 12.1. The molecule has 0 unspecified atom stereocenters. The van der Waals surface area contributed by atoms with Crippen LogP contribution in [0.5, 0.6) is 0 Å². The average Bonchev–Trinajstić information content (AvgIpc) is 2.28. The van der Waals surface area contributed by atoms with E-state index in [-0.39, 0.29) is 5.91 Å². The second kappa shape index (κ2) is 4.88. The van der Waals surface area contributed by atoms with Gasteiger partial charge in [0, 0.05) is 31.7 Å². The molecule has 17 heavy (non-hydrogen) atoms. The molecule has 1 saturated heterocycles. The van der Waals surface area contributed by atoms with Crippen LogP contribution in [0.3, 0.4) is 0 Å². The number of carbonyl (C=O) groups excluding carboxylic acids is 1. The van der Waals surface area contributed by atoms with Crippen molar-refractivity contribution in [2.75, 3.05) is 26.2 Å². The molecular weight excluding hydrogens is 212 g/mol. The number of piperazine rings is 1. The van der Waals surface area contributed by atoms with Gasteiger partial charge in [-0.2, -0.15) is 0 Å². The van der Waals surface area contributed by atoms with Crippen molar-refractivity contribution in [2.24, 2.45) is 0 Å². The highest BCUT2D eigenvalue weighted by Gasteiger charge is 2.21. The molecule has 1 N–H and O–H groups in total. The van der Waals surface area contributed by atoms with Crippen molar-refractivity contribution in [1.82, 2.24) is 10.2 Å². The molecule has 1 aliphatic heterocycles. The summed E-state index contributed by atoms with van der Waals surface area (Å²) in [5, 5.41) is 3.27. The lowest BCUT2D eigenvalue weighted by molar-refractivity contribution is 0.0734. The predicted molar refractivity (Wildman–Crippen MR) is 69.4 cm³/mol. The summed E-state index contributed by atoms with van der Waals surface area (Å²) in [5.41, 5.74) is 4.28. The molecule has 1 fully saturated rings. The van der Waals surface area contributed by atoms with Crippen LogP contribution in [0.4, 0.5) is 0 Å². The van der Waals surface area contributed by atoms with E-state index in [1.54, 1.807) is 0 Å². The molecule has 3 nitrogen and oxygen atoms in total. The van der Waals surface area contributed by atoms with Gasteiger partial charge in [0.15, 0.2) is 0 Å². The third-order valence-corrected chi connectivity index (χ3v) is 3.30. The molecule has 0 saturated carbocycles. The van der Waals surface area contributed by atoms with E-state index in [0.29, 0.717) is 0 Å². The summed E-state index contributed by atoms with van der Waals surface area (Å²) in [5.74, 6) is 0.182. The number of hydrogen-bond acceptors (Lipinski definition) is 2. The molecule has 3 heteroatoms. The van der Waals surface area contributed by atoms with E-state index >= 15 is 0 Å². The lowest BCUT2D eigenvalue weighted by Crippen LogP contribution is -2.46. The Labute approximate surface area is 103 Å². The first-order valence-electron chi connectivity index (χ1n) is 6.17. The van der Waals surface area contributed by atoms with Gasteiger partial charge in [-0.25, -0.2) is 0 Å². The van der Waals surface area contributed by atoms with Crippen molar-refractivity contribution < 1.29 is 4.79 Å². The molecular formula is C14H20N2O. The Morgan fingerprint density at radius 2 is 1.65 bits per heavy atom. The van der Waals surface area contributed by atoms with E-state index in [1.807, 2.05) is 18.7 Å². The number of benzene rings is 1. The molecule has 0 atom stereocenters. The van der Waals surface area contributed by atoms with Crippen LogP contribution < -0.4 is 5.32 Å². The van der Waals surface area contributed by atoms with Gasteiger partial charge in [0.1, 0.15) is 0 Å². The molecule has 1 heterocycles. The highest BCUT2D eigenvalue weighted by Crippen LogP contribution is 2.18. The summed E-state index contributed by atoms with van der Waals surface area (Å²) in [6.45, 7) is 9.53. The maximum Gasteiger partial charge on any atom is 0.254 e. The smallest absolute Gasteiger partial charge is 0.254 e. The van der Waals surface area contributed by atoms with E-state index in [9.17, 15) is 4.79 Å². The van der Waals surface area contributed by atoms with Gasteiger partial charge in [-0.05, 0) is 31.9 Å². The Balaban J connectivity index is 2.30. The Kier molecular flexibility index (Phi) is 3.48. The van der Waals surface area contributed by atoms with Crippen LogP contribution in [0.2, 0.25) is 0 Å². The highest BCUT2D eigenvalue weighted by atomic mass is 16.2. The van der Waals surface area contributed by atoms with Crippen LogP contribution in [0, 0.1) is 20.8 Å². The summed E-state index contributed by atoms with van der Waals surface area (Å²) in [6, 6.07) is 4.17. The fourth-order valence-corrected chi connectivity index (χ4v) is 2.54. The van der Waals surface area contributed by atoms with Gasteiger partial charge in [-0.1, -0.05) is 17.7 Å².